The predicted molar refractivity (Wildman–Crippen MR) is 33.1 cm³/mol. The first-order valence-corrected chi connectivity index (χ1v) is 1.51. The molecular weight excluding hydrogens is 172 g/mol. The van der Waals surface area contributed by atoms with E-state index in [-0.39, 0.29) is 23.1 Å². The van der Waals surface area contributed by atoms with Crippen LogP contribution >= 0.6 is 0 Å². The Kier molecular flexibility index (Phi) is 73.9. The molecule has 0 saturated carbocycles. The molecule has 0 fully saturated rings. The van der Waals surface area contributed by atoms with Gasteiger partial charge < -0.3 is 30.0 Å². The molecule has 0 aromatic rings. The Hall–Kier alpha value is -1.02. The molecule has 0 aromatic carbocycles. The van der Waals surface area contributed by atoms with E-state index >= 15 is 0 Å². The van der Waals surface area contributed by atoms with Crippen molar-refractivity contribution in [2.24, 2.45) is 0 Å². The zero-order chi connectivity index (χ0) is 8.99. The van der Waals surface area contributed by atoms with E-state index in [1.807, 2.05) is 0 Å². The third kappa shape index (κ3) is 417. The summed E-state index contributed by atoms with van der Waals surface area (Å²) in [5, 5.41) is 27.5. The maximum Gasteiger partial charge on any atom is 2.00 e. The number of hydrogen-bond acceptors (Lipinski definition) is 3. The molecule has 0 rings (SSSR count). The van der Waals surface area contributed by atoms with Crippen molar-refractivity contribution in [3.05, 3.63) is 0 Å². The molecule has 11 heavy (non-hydrogen) atoms. The molecule has 0 heterocycles. The van der Waals surface area contributed by atoms with Crippen LogP contribution in [0.3, 0.4) is 0 Å². The fraction of sp³-hybridized carbons (Fsp3) is 0. The summed E-state index contributed by atoms with van der Waals surface area (Å²) in [6.07, 6.45) is -1.83. The van der Waals surface area contributed by atoms with Crippen molar-refractivity contribution >= 4 is 42.2 Å². The third-order valence-electron chi connectivity index (χ3n) is 0. The van der Waals surface area contributed by atoms with Crippen molar-refractivity contribution in [1.29, 1.82) is 0 Å². The summed E-state index contributed by atoms with van der Waals surface area (Å²) in [7, 11) is 0. The van der Waals surface area contributed by atoms with E-state index in [4.69, 9.17) is 34.8 Å². The average Bonchev–Trinajstić information content (AvgIpc) is 1.65. The zero-order valence-corrected chi connectivity index (χ0v) is 6.63. The van der Waals surface area contributed by atoms with E-state index in [9.17, 15) is 0 Å². The van der Waals surface area contributed by atoms with E-state index in [1.54, 1.807) is 0 Å². The topological polar surface area (TPSA) is 132 Å². The average molecular weight is 176 g/mol. The van der Waals surface area contributed by atoms with Gasteiger partial charge >= 0.3 is 29.2 Å². The van der Waals surface area contributed by atoms with Crippen LogP contribution in [0.25, 0.3) is 0 Å². The van der Waals surface area contributed by atoms with Crippen molar-refractivity contribution in [3.63, 3.8) is 0 Å². The summed E-state index contributed by atoms with van der Waals surface area (Å²) in [6.45, 7) is 1.00. The van der Waals surface area contributed by atoms with E-state index < -0.39 is 6.16 Å². The minimum absolute atomic E-state index is 0. The quantitative estimate of drug-likeness (QED) is 0.277. The Bertz CT molecular complexity index is 81.7. The van der Waals surface area contributed by atoms with Gasteiger partial charge in [0.15, 0.2) is 0 Å². The van der Waals surface area contributed by atoms with Crippen LogP contribution in [0.1, 0.15) is 0 Å². The largest absolute Gasteiger partial charge is 2.00 e. The molecule has 60 valence electrons. The SMILES string of the molecule is O=C(O)O.O=[C-]O.O=[C-]O.[Mg+2]. The van der Waals surface area contributed by atoms with Gasteiger partial charge in [-0.15, -0.1) is 0 Å². The second-order valence-electron chi connectivity index (χ2n) is 0.465. The van der Waals surface area contributed by atoms with Gasteiger partial charge in [-0.1, -0.05) is 12.9 Å². The van der Waals surface area contributed by atoms with Gasteiger partial charge in [-0.2, -0.15) is 0 Å². The summed E-state index contributed by atoms with van der Waals surface area (Å²) in [6, 6.07) is 0. The van der Waals surface area contributed by atoms with E-state index in [0.717, 1.165) is 0 Å². The molecular formula is C3H4MgO7. The van der Waals surface area contributed by atoms with Crippen LogP contribution in [0.2, 0.25) is 0 Å². The summed E-state index contributed by atoms with van der Waals surface area (Å²) in [5.41, 5.74) is 0. The van der Waals surface area contributed by atoms with Crippen LogP contribution in [-0.4, -0.2) is 62.6 Å². The Balaban J connectivity index is -0.0000000325. The van der Waals surface area contributed by atoms with Gasteiger partial charge in [-0.05, 0) is 0 Å². The molecule has 8 heteroatoms. The minimum atomic E-state index is -1.83. The van der Waals surface area contributed by atoms with Gasteiger partial charge in [-0.25, -0.2) is 4.79 Å². The van der Waals surface area contributed by atoms with Gasteiger partial charge in [0.05, 0.1) is 0 Å². The van der Waals surface area contributed by atoms with Crippen LogP contribution in [0, 0.1) is 0 Å². The van der Waals surface area contributed by atoms with Crippen molar-refractivity contribution in [1.82, 2.24) is 0 Å². The van der Waals surface area contributed by atoms with E-state index in [2.05, 4.69) is 0 Å². The summed E-state index contributed by atoms with van der Waals surface area (Å²) in [5.74, 6) is 0. The molecule has 0 aromatic heterocycles. The summed E-state index contributed by atoms with van der Waals surface area (Å²) < 4.78 is 0. The molecule has 4 N–H and O–H groups in total. The monoisotopic (exact) mass is 176 g/mol. The molecule has 7 nitrogen and oxygen atoms in total. The number of aliphatic hydroxyl groups excluding tert-OH is 2. The Morgan fingerprint density at radius 2 is 1.00 bits per heavy atom. The first-order valence-electron chi connectivity index (χ1n) is 1.51. The maximum atomic E-state index is 8.56. The second-order valence-corrected chi connectivity index (χ2v) is 0.465. The van der Waals surface area contributed by atoms with Gasteiger partial charge in [0.1, 0.15) is 0 Å². The molecule has 0 aliphatic heterocycles. The van der Waals surface area contributed by atoms with Gasteiger partial charge in [0.25, 0.3) is 0 Å². The van der Waals surface area contributed by atoms with Crippen LogP contribution in [-0.2, 0) is 9.59 Å². The molecule has 0 bridgehead atoms. The molecule has 0 saturated heterocycles. The van der Waals surface area contributed by atoms with Crippen molar-refractivity contribution in [3.8, 4) is 0 Å². The smallest absolute Gasteiger partial charge is 0.665 e. The standard InChI is InChI=1S/CH2O3.2CHO2.Mg/c2-1(3)4;2*2-1-3;/h(H2,2,3,4);2*(H,2,3);/q;2*-1;+2. The van der Waals surface area contributed by atoms with Gasteiger partial charge in [0.2, 0.25) is 0 Å². The number of carbonyl (C=O) groups is 1. The molecule has 0 aliphatic rings. The zero-order valence-electron chi connectivity index (χ0n) is 5.22. The van der Waals surface area contributed by atoms with Crippen molar-refractivity contribution in [2.45, 2.75) is 0 Å². The van der Waals surface area contributed by atoms with Crippen LogP contribution in [0.5, 0.6) is 0 Å². The number of carboxylic acid groups (broad SMARTS) is 2. The Morgan fingerprint density at radius 1 is 1.00 bits per heavy atom. The summed E-state index contributed by atoms with van der Waals surface area (Å²) >= 11 is 0. The molecule has 0 amide bonds. The molecule has 0 spiro atoms. The van der Waals surface area contributed by atoms with Gasteiger partial charge in [0, 0.05) is 0 Å². The van der Waals surface area contributed by atoms with E-state index in [1.165, 1.54) is 0 Å². The predicted octanol–water partition coefficient (Wildman–Crippen LogP) is -0.935. The minimum Gasteiger partial charge on any atom is -0.665 e. The second kappa shape index (κ2) is 36.1. The van der Waals surface area contributed by atoms with Crippen LogP contribution < -0.4 is 0 Å². The van der Waals surface area contributed by atoms with Crippen LogP contribution in [0.4, 0.5) is 4.79 Å². The number of hydrogen-bond donors (Lipinski definition) is 4. The molecule has 0 unspecified atom stereocenters. The fourth-order valence-electron chi connectivity index (χ4n) is 0. The number of rotatable bonds is 0. The van der Waals surface area contributed by atoms with Crippen molar-refractivity contribution < 1.29 is 34.8 Å². The van der Waals surface area contributed by atoms with Gasteiger partial charge in [-0.3, -0.25) is 0 Å². The van der Waals surface area contributed by atoms with E-state index in [0.29, 0.717) is 12.9 Å². The van der Waals surface area contributed by atoms with Crippen molar-refractivity contribution in [2.75, 3.05) is 0 Å². The van der Waals surface area contributed by atoms with Crippen LogP contribution in [0.15, 0.2) is 0 Å². The molecule has 0 aliphatic carbocycles. The third-order valence-corrected chi connectivity index (χ3v) is 0. The molecule has 0 atom stereocenters. The fourth-order valence-corrected chi connectivity index (χ4v) is 0. The Labute approximate surface area is 77.4 Å². The normalized spacial score (nSPS) is 4.36. The first-order chi connectivity index (χ1) is 4.56. The summed E-state index contributed by atoms with van der Waals surface area (Å²) in [4.78, 5) is 25.0. The molecule has 0 radical (unpaired) electrons. The first kappa shape index (κ1) is 22.5. The Morgan fingerprint density at radius 3 is 1.00 bits per heavy atom. The maximum absolute atomic E-state index is 8.56.